The summed E-state index contributed by atoms with van der Waals surface area (Å²) in [5, 5.41) is 3.35. The first-order valence-electron chi connectivity index (χ1n) is 4.61. The molecule has 1 unspecified atom stereocenters. The van der Waals surface area contributed by atoms with Crippen molar-refractivity contribution in [1.29, 1.82) is 0 Å². The summed E-state index contributed by atoms with van der Waals surface area (Å²) < 4.78 is 1.10. The van der Waals surface area contributed by atoms with E-state index in [1.165, 1.54) is 25.1 Å². The second kappa shape index (κ2) is 2.55. The molecule has 0 radical (unpaired) electrons. The number of rotatable bonds is 1. The van der Waals surface area contributed by atoms with Crippen LogP contribution in [-0.2, 0) is 0 Å². The van der Waals surface area contributed by atoms with Crippen LogP contribution in [0, 0.1) is 5.41 Å². The van der Waals surface area contributed by atoms with E-state index < -0.39 is 0 Å². The van der Waals surface area contributed by atoms with E-state index in [4.69, 9.17) is 0 Å². The summed E-state index contributed by atoms with van der Waals surface area (Å²) in [7, 11) is 0. The molecule has 13 heavy (non-hydrogen) atoms. The van der Waals surface area contributed by atoms with Crippen LogP contribution in [0.25, 0.3) is 0 Å². The van der Waals surface area contributed by atoms with Crippen LogP contribution in [0.5, 0.6) is 0 Å². The van der Waals surface area contributed by atoms with Gasteiger partial charge in [0.05, 0.1) is 0 Å². The van der Waals surface area contributed by atoms with E-state index >= 15 is 0 Å². The topological polar surface area (TPSA) is 24.9 Å². The van der Waals surface area contributed by atoms with Gasteiger partial charge in [0.1, 0.15) is 0 Å². The van der Waals surface area contributed by atoms with Gasteiger partial charge < -0.3 is 5.32 Å². The largest absolute Gasteiger partial charge is 0.315 e. The molecule has 3 heteroatoms. The van der Waals surface area contributed by atoms with Crippen molar-refractivity contribution >= 4 is 15.9 Å². The van der Waals surface area contributed by atoms with Crippen LogP contribution in [0.4, 0.5) is 0 Å². The van der Waals surface area contributed by atoms with Crippen LogP contribution in [0.15, 0.2) is 22.9 Å². The molecule has 1 N–H and O–H groups in total. The van der Waals surface area contributed by atoms with Crippen LogP contribution < -0.4 is 5.32 Å². The van der Waals surface area contributed by atoms with Crippen molar-refractivity contribution in [3.63, 3.8) is 0 Å². The molecule has 2 nitrogen and oxygen atoms in total. The van der Waals surface area contributed by atoms with Crippen LogP contribution in [0.1, 0.15) is 17.9 Å². The lowest BCUT2D eigenvalue weighted by Crippen LogP contribution is -2.44. The molecule has 0 bridgehead atoms. The molecule has 2 fully saturated rings. The van der Waals surface area contributed by atoms with Crippen LogP contribution in [0.2, 0.25) is 0 Å². The van der Waals surface area contributed by atoms with E-state index in [1.54, 1.807) is 0 Å². The molecule has 3 rings (SSSR count). The molecular weight excluding hydrogens is 228 g/mol. The SMILES string of the molecule is Brc1cncc(C2CC23CNC3)c1. The monoisotopic (exact) mass is 238 g/mol. The minimum atomic E-state index is 0.614. The number of pyridine rings is 1. The number of nitrogens with zero attached hydrogens (tertiary/aromatic N) is 1. The molecule has 1 aromatic heterocycles. The number of hydrogen-bond donors (Lipinski definition) is 1. The molecule has 1 spiro atoms. The summed E-state index contributed by atoms with van der Waals surface area (Å²) in [4.78, 5) is 4.20. The van der Waals surface area contributed by atoms with E-state index in [-0.39, 0.29) is 0 Å². The number of halogens is 1. The fourth-order valence-electron chi connectivity index (χ4n) is 2.27. The maximum Gasteiger partial charge on any atom is 0.0410 e. The Labute approximate surface area is 85.9 Å². The Balaban J connectivity index is 1.87. The fourth-order valence-corrected chi connectivity index (χ4v) is 2.66. The van der Waals surface area contributed by atoms with Gasteiger partial charge in [-0.2, -0.15) is 0 Å². The second-order valence-corrected chi connectivity index (χ2v) is 5.07. The van der Waals surface area contributed by atoms with Crippen molar-refractivity contribution in [2.45, 2.75) is 12.3 Å². The normalized spacial score (nSPS) is 28.5. The molecule has 1 aliphatic carbocycles. The standard InChI is InChI=1S/C10H11BrN2/c11-8-1-7(3-12-4-8)9-2-10(9)5-13-6-10/h1,3-4,9,13H,2,5-6H2. The average molecular weight is 239 g/mol. The molecular formula is C10H11BrN2. The Morgan fingerprint density at radius 1 is 1.46 bits per heavy atom. The highest BCUT2D eigenvalue weighted by Gasteiger charge is 2.58. The highest BCUT2D eigenvalue weighted by molar-refractivity contribution is 9.10. The van der Waals surface area contributed by atoms with Crippen LogP contribution in [0.3, 0.4) is 0 Å². The molecule has 2 aliphatic rings. The van der Waals surface area contributed by atoms with Gasteiger partial charge in [0.2, 0.25) is 0 Å². The summed E-state index contributed by atoms with van der Waals surface area (Å²) in [6.07, 6.45) is 5.19. The van der Waals surface area contributed by atoms with Gasteiger partial charge >= 0.3 is 0 Å². The lowest BCUT2D eigenvalue weighted by molar-refractivity contribution is 0.312. The van der Waals surface area contributed by atoms with Gasteiger partial charge in [-0.05, 0) is 39.9 Å². The van der Waals surface area contributed by atoms with Crippen molar-refractivity contribution in [2.24, 2.45) is 5.41 Å². The summed E-state index contributed by atoms with van der Waals surface area (Å²) in [6, 6.07) is 2.20. The third-order valence-electron chi connectivity index (χ3n) is 3.27. The Morgan fingerprint density at radius 3 is 2.85 bits per heavy atom. The smallest absolute Gasteiger partial charge is 0.0410 e. The Hall–Kier alpha value is -0.410. The van der Waals surface area contributed by atoms with Crippen molar-refractivity contribution in [2.75, 3.05) is 13.1 Å². The lowest BCUT2D eigenvalue weighted by atomic mass is 9.94. The van der Waals surface area contributed by atoms with E-state index in [0.29, 0.717) is 5.41 Å². The molecule has 1 saturated heterocycles. The minimum Gasteiger partial charge on any atom is -0.315 e. The first-order valence-corrected chi connectivity index (χ1v) is 5.41. The Bertz CT molecular complexity index is 347. The van der Waals surface area contributed by atoms with Crippen LogP contribution in [-0.4, -0.2) is 18.1 Å². The highest BCUT2D eigenvalue weighted by atomic mass is 79.9. The zero-order chi connectivity index (χ0) is 8.89. The molecule has 0 amide bonds. The lowest BCUT2D eigenvalue weighted by Gasteiger charge is -2.28. The van der Waals surface area contributed by atoms with Gasteiger partial charge in [-0.1, -0.05) is 0 Å². The number of nitrogens with one attached hydrogen (secondary N) is 1. The van der Waals surface area contributed by atoms with Crippen molar-refractivity contribution < 1.29 is 0 Å². The van der Waals surface area contributed by atoms with E-state index in [1.807, 2.05) is 12.4 Å². The van der Waals surface area contributed by atoms with Crippen molar-refractivity contribution in [3.05, 3.63) is 28.5 Å². The average Bonchev–Trinajstić information content (AvgIpc) is 2.77. The minimum absolute atomic E-state index is 0.614. The quantitative estimate of drug-likeness (QED) is 0.809. The van der Waals surface area contributed by atoms with Gasteiger partial charge in [0, 0.05) is 35.4 Å². The zero-order valence-corrected chi connectivity index (χ0v) is 8.84. The van der Waals surface area contributed by atoms with Crippen molar-refractivity contribution in [3.8, 4) is 0 Å². The molecule has 68 valence electrons. The van der Waals surface area contributed by atoms with Gasteiger partial charge in [-0.15, -0.1) is 0 Å². The summed E-state index contributed by atoms with van der Waals surface area (Å²) >= 11 is 3.46. The van der Waals surface area contributed by atoms with Gasteiger partial charge in [0.25, 0.3) is 0 Å². The predicted octanol–water partition coefficient (Wildman–Crippen LogP) is 1.92. The molecule has 1 aliphatic heterocycles. The van der Waals surface area contributed by atoms with E-state index in [2.05, 4.69) is 32.3 Å². The molecule has 1 saturated carbocycles. The number of aromatic nitrogens is 1. The van der Waals surface area contributed by atoms with E-state index in [0.717, 1.165) is 10.4 Å². The van der Waals surface area contributed by atoms with Gasteiger partial charge in [-0.25, -0.2) is 0 Å². The first kappa shape index (κ1) is 7.94. The van der Waals surface area contributed by atoms with E-state index in [9.17, 15) is 0 Å². The third kappa shape index (κ3) is 1.14. The summed E-state index contributed by atoms with van der Waals surface area (Å²) in [6.45, 7) is 2.40. The maximum absolute atomic E-state index is 4.20. The highest BCUT2D eigenvalue weighted by Crippen LogP contribution is 2.61. The van der Waals surface area contributed by atoms with Crippen molar-refractivity contribution in [1.82, 2.24) is 10.3 Å². The first-order chi connectivity index (χ1) is 6.30. The van der Waals surface area contributed by atoms with Gasteiger partial charge in [-0.3, -0.25) is 4.98 Å². The molecule has 1 aromatic rings. The van der Waals surface area contributed by atoms with Crippen LogP contribution >= 0.6 is 15.9 Å². The fraction of sp³-hybridized carbons (Fsp3) is 0.500. The maximum atomic E-state index is 4.20. The molecule has 2 heterocycles. The summed E-state index contributed by atoms with van der Waals surface area (Å²) in [5.74, 6) is 0.763. The zero-order valence-electron chi connectivity index (χ0n) is 7.26. The number of hydrogen-bond acceptors (Lipinski definition) is 2. The Kier molecular flexibility index (Phi) is 1.56. The summed E-state index contributed by atoms with van der Waals surface area (Å²) in [5.41, 5.74) is 2.01. The molecule has 1 atom stereocenters. The van der Waals surface area contributed by atoms with Gasteiger partial charge in [0.15, 0.2) is 0 Å². The second-order valence-electron chi connectivity index (χ2n) is 4.16. The molecule has 0 aromatic carbocycles. The predicted molar refractivity (Wildman–Crippen MR) is 54.6 cm³/mol. The Morgan fingerprint density at radius 2 is 2.31 bits per heavy atom. The third-order valence-corrected chi connectivity index (χ3v) is 3.71.